The summed E-state index contributed by atoms with van der Waals surface area (Å²) in [4.78, 5) is 27.0. The Morgan fingerprint density at radius 2 is 1.93 bits per heavy atom. The summed E-state index contributed by atoms with van der Waals surface area (Å²) in [5.41, 5.74) is 1.23. The molecule has 0 aliphatic carbocycles. The summed E-state index contributed by atoms with van der Waals surface area (Å²) in [6.07, 6.45) is 4.74. The highest BCUT2D eigenvalue weighted by atomic mass is 16.5. The number of ether oxygens (including phenoxy) is 2. The molecular weight excluding hydrogens is 372 g/mol. The molecule has 1 atom stereocenters. The van der Waals surface area contributed by atoms with Crippen molar-refractivity contribution in [1.29, 1.82) is 0 Å². The number of carbonyl (C=O) groups is 2. The van der Waals surface area contributed by atoms with E-state index in [2.05, 4.69) is 10.4 Å². The lowest BCUT2D eigenvalue weighted by Gasteiger charge is -2.32. The maximum Gasteiger partial charge on any atom is 0.272 e. The van der Waals surface area contributed by atoms with Crippen molar-refractivity contribution in [2.24, 2.45) is 13.0 Å². The number of nitrogens with one attached hydrogen (secondary N) is 1. The van der Waals surface area contributed by atoms with Crippen molar-refractivity contribution in [2.75, 3.05) is 32.6 Å². The first-order valence-corrected chi connectivity index (χ1v) is 9.80. The van der Waals surface area contributed by atoms with Gasteiger partial charge in [-0.3, -0.25) is 14.3 Å². The Kier molecular flexibility index (Phi) is 6.74. The summed E-state index contributed by atoms with van der Waals surface area (Å²) in [7, 11) is 4.91. The quantitative estimate of drug-likeness (QED) is 0.772. The van der Waals surface area contributed by atoms with E-state index in [1.165, 1.54) is 0 Å². The van der Waals surface area contributed by atoms with E-state index >= 15 is 0 Å². The van der Waals surface area contributed by atoms with Crippen LogP contribution in [0.25, 0.3) is 0 Å². The van der Waals surface area contributed by atoms with Crippen LogP contribution in [-0.2, 0) is 11.8 Å². The standard InChI is InChI=1S/C21H28N4O4/c1-24-19(8-9-22-24)21(27)25-10-4-5-15(14-25)6-7-20(26)23-16-11-17(28-2)13-18(12-16)29-3/h8-9,11-13,15H,4-7,10,14H2,1-3H3,(H,23,26)/t15-/m1/s1. The van der Waals surface area contributed by atoms with Crippen LogP contribution in [0.2, 0.25) is 0 Å². The van der Waals surface area contributed by atoms with Gasteiger partial charge in [0.2, 0.25) is 5.91 Å². The predicted molar refractivity (Wildman–Crippen MR) is 109 cm³/mol. The number of anilines is 1. The van der Waals surface area contributed by atoms with Crippen LogP contribution in [0.15, 0.2) is 30.5 Å². The van der Waals surface area contributed by atoms with E-state index in [-0.39, 0.29) is 11.8 Å². The van der Waals surface area contributed by atoms with Gasteiger partial charge in [0.05, 0.1) is 14.2 Å². The van der Waals surface area contributed by atoms with E-state index in [0.29, 0.717) is 41.8 Å². The van der Waals surface area contributed by atoms with Crippen LogP contribution >= 0.6 is 0 Å². The van der Waals surface area contributed by atoms with E-state index in [1.807, 2.05) is 4.90 Å². The Morgan fingerprint density at radius 1 is 1.21 bits per heavy atom. The maximum absolute atomic E-state index is 12.7. The Morgan fingerprint density at radius 3 is 2.55 bits per heavy atom. The number of hydrogen-bond acceptors (Lipinski definition) is 5. The molecule has 2 heterocycles. The van der Waals surface area contributed by atoms with Crippen LogP contribution in [0.3, 0.4) is 0 Å². The number of piperidine rings is 1. The first kappa shape index (κ1) is 20.7. The third-order valence-electron chi connectivity index (χ3n) is 5.26. The van der Waals surface area contributed by atoms with Gasteiger partial charge in [0, 0.05) is 56.6 Å². The topological polar surface area (TPSA) is 85.7 Å². The van der Waals surface area contributed by atoms with Gasteiger partial charge in [-0.1, -0.05) is 0 Å². The van der Waals surface area contributed by atoms with Crippen molar-refractivity contribution >= 4 is 17.5 Å². The molecule has 0 saturated carbocycles. The molecule has 8 nitrogen and oxygen atoms in total. The molecular formula is C21H28N4O4. The number of rotatable bonds is 7. The van der Waals surface area contributed by atoms with Crippen molar-refractivity contribution in [2.45, 2.75) is 25.7 Å². The summed E-state index contributed by atoms with van der Waals surface area (Å²) in [6, 6.07) is 7.01. The molecule has 8 heteroatoms. The summed E-state index contributed by atoms with van der Waals surface area (Å²) in [5, 5.41) is 6.98. The molecule has 1 fully saturated rings. The minimum Gasteiger partial charge on any atom is -0.497 e. The van der Waals surface area contributed by atoms with Gasteiger partial charge in [-0.25, -0.2) is 0 Å². The average molecular weight is 400 g/mol. The van der Waals surface area contributed by atoms with Gasteiger partial charge in [0.15, 0.2) is 0 Å². The zero-order valence-corrected chi connectivity index (χ0v) is 17.2. The number of hydrogen-bond donors (Lipinski definition) is 1. The largest absolute Gasteiger partial charge is 0.497 e. The Balaban J connectivity index is 1.52. The number of amides is 2. The lowest BCUT2D eigenvalue weighted by Crippen LogP contribution is -2.40. The van der Waals surface area contributed by atoms with Gasteiger partial charge in [-0.05, 0) is 31.2 Å². The van der Waals surface area contributed by atoms with Crippen LogP contribution in [0.4, 0.5) is 5.69 Å². The van der Waals surface area contributed by atoms with Gasteiger partial charge in [-0.2, -0.15) is 5.10 Å². The van der Waals surface area contributed by atoms with Crippen molar-refractivity contribution in [3.8, 4) is 11.5 Å². The summed E-state index contributed by atoms with van der Waals surface area (Å²) in [5.74, 6) is 1.50. The fourth-order valence-electron chi connectivity index (χ4n) is 3.67. The van der Waals surface area contributed by atoms with Crippen LogP contribution < -0.4 is 14.8 Å². The summed E-state index contributed by atoms with van der Waals surface area (Å²) >= 11 is 0. The van der Waals surface area contributed by atoms with Crippen LogP contribution in [0, 0.1) is 5.92 Å². The zero-order chi connectivity index (χ0) is 20.8. The molecule has 1 aliphatic heterocycles. The third kappa shape index (κ3) is 5.28. The molecule has 1 N–H and O–H groups in total. The number of aromatic nitrogens is 2. The van der Waals surface area contributed by atoms with E-state index in [0.717, 1.165) is 25.8 Å². The molecule has 0 unspecified atom stereocenters. The highest BCUT2D eigenvalue weighted by Crippen LogP contribution is 2.27. The molecule has 2 aromatic rings. The summed E-state index contributed by atoms with van der Waals surface area (Å²) in [6.45, 7) is 1.42. The van der Waals surface area contributed by atoms with Gasteiger partial charge in [0.25, 0.3) is 5.91 Å². The van der Waals surface area contributed by atoms with Gasteiger partial charge >= 0.3 is 0 Å². The van der Waals surface area contributed by atoms with Crippen LogP contribution in [0.5, 0.6) is 11.5 Å². The normalized spacial score (nSPS) is 16.4. The highest BCUT2D eigenvalue weighted by Gasteiger charge is 2.26. The Bertz CT molecular complexity index is 842. The maximum atomic E-state index is 12.7. The number of methoxy groups -OCH3 is 2. The Hall–Kier alpha value is -3.03. The highest BCUT2D eigenvalue weighted by molar-refractivity contribution is 5.92. The predicted octanol–water partition coefficient (Wildman–Crippen LogP) is 2.71. The lowest BCUT2D eigenvalue weighted by atomic mass is 9.93. The first-order chi connectivity index (χ1) is 14.0. The molecule has 29 heavy (non-hydrogen) atoms. The van der Waals surface area contributed by atoms with Gasteiger partial charge in [0.1, 0.15) is 17.2 Å². The minimum atomic E-state index is -0.0598. The SMILES string of the molecule is COc1cc(NC(=O)CC[C@H]2CCCN(C(=O)c3ccnn3C)C2)cc(OC)c1. The number of likely N-dealkylation sites (tertiary alicyclic amines) is 1. The smallest absolute Gasteiger partial charge is 0.272 e. The minimum absolute atomic E-state index is 0.00243. The van der Waals surface area contributed by atoms with Gasteiger partial charge < -0.3 is 19.7 Å². The van der Waals surface area contributed by atoms with Crippen LogP contribution in [0.1, 0.15) is 36.2 Å². The molecule has 1 aromatic carbocycles. The number of nitrogens with zero attached hydrogens (tertiary/aromatic N) is 3. The number of benzene rings is 1. The number of carbonyl (C=O) groups excluding carboxylic acids is 2. The second kappa shape index (κ2) is 9.45. The van der Waals surface area contributed by atoms with Crippen molar-refractivity contribution in [3.63, 3.8) is 0 Å². The van der Waals surface area contributed by atoms with Crippen molar-refractivity contribution in [1.82, 2.24) is 14.7 Å². The fourth-order valence-corrected chi connectivity index (χ4v) is 3.67. The average Bonchev–Trinajstić information content (AvgIpc) is 3.17. The lowest BCUT2D eigenvalue weighted by molar-refractivity contribution is -0.116. The van der Waals surface area contributed by atoms with Crippen molar-refractivity contribution < 1.29 is 19.1 Å². The zero-order valence-electron chi connectivity index (χ0n) is 17.2. The number of aryl methyl sites for hydroxylation is 1. The van der Waals surface area contributed by atoms with Gasteiger partial charge in [-0.15, -0.1) is 0 Å². The summed E-state index contributed by atoms with van der Waals surface area (Å²) < 4.78 is 12.1. The molecule has 1 saturated heterocycles. The monoisotopic (exact) mass is 400 g/mol. The van der Waals surface area contributed by atoms with E-state index in [9.17, 15) is 9.59 Å². The molecule has 0 bridgehead atoms. The molecule has 0 radical (unpaired) electrons. The van der Waals surface area contributed by atoms with E-state index in [1.54, 1.807) is 56.4 Å². The third-order valence-corrected chi connectivity index (χ3v) is 5.26. The molecule has 156 valence electrons. The second-order valence-corrected chi connectivity index (χ2v) is 7.29. The van der Waals surface area contributed by atoms with E-state index in [4.69, 9.17) is 9.47 Å². The molecule has 3 rings (SSSR count). The van der Waals surface area contributed by atoms with Crippen molar-refractivity contribution in [3.05, 3.63) is 36.2 Å². The molecule has 0 spiro atoms. The van der Waals surface area contributed by atoms with Crippen LogP contribution in [-0.4, -0.2) is 53.8 Å². The fraction of sp³-hybridized carbons (Fsp3) is 0.476. The first-order valence-electron chi connectivity index (χ1n) is 9.80. The Labute approximate surface area is 170 Å². The molecule has 1 aliphatic rings. The van der Waals surface area contributed by atoms with E-state index < -0.39 is 0 Å². The second-order valence-electron chi connectivity index (χ2n) is 7.29. The molecule has 2 amide bonds. The molecule has 1 aromatic heterocycles.